The molecular formula is C9H8N2O3S2. The number of nitrogens with zero attached hydrogens (tertiary/aromatic N) is 2. The topological polar surface area (TPSA) is 60.7 Å². The number of hydrogen-bond donors (Lipinski definition) is 0. The molecule has 0 aliphatic carbocycles. The van der Waals surface area contributed by atoms with Crippen molar-refractivity contribution in [1.82, 2.24) is 9.38 Å². The lowest BCUT2D eigenvalue weighted by molar-refractivity contribution is -0.137. The number of carbonyl (C=O) groups excluding carboxylic acids is 2. The summed E-state index contributed by atoms with van der Waals surface area (Å²) in [6.07, 6.45) is 2.52. The van der Waals surface area contributed by atoms with Crippen molar-refractivity contribution in [2.45, 2.75) is 5.03 Å². The lowest BCUT2D eigenvalue weighted by Crippen LogP contribution is -2.03. The predicted molar refractivity (Wildman–Crippen MR) is 61.2 cm³/mol. The predicted octanol–water partition coefficient (Wildman–Crippen LogP) is 1.47. The molecule has 0 fully saturated rings. The molecule has 0 unspecified atom stereocenters. The second-order valence-electron chi connectivity index (χ2n) is 2.84. The van der Waals surface area contributed by atoms with Crippen LogP contribution >= 0.6 is 23.1 Å². The van der Waals surface area contributed by atoms with Gasteiger partial charge in [-0.1, -0.05) is 11.8 Å². The van der Waals surface area contributed by atoms with Gasteiger partial charge in [0.15, 0.2) is 11.2 Å². The molecule has 0 aromatic carbocycles. The second kappa shape index (κ2) is 4.67. The van der Waals surface area contributed by atoms with E-state index in [0.29, 0.717) is 10.7 Å². The molecule has 2 aromatic rings. The fourth-order valence-electron chi connectivity index (χ4n) is 1.18. The van der Waals surface area contributed by atoms with Gasteiger partial charge in [0, 0.05) is 11.6 Å². The van der Waals surface area contributed by atoms with E-state index in [1.807, 2.05) is 5.38 Å². The highest BCUT2D eigenvalue weighted by Gasteiger charge is 2.14. The quantitative estimate of drug-likeness (QED) is 0.471. The van der Waals surface area contributed by atoms with E-state index in [-0.39, 0.29) is 11.7 Å². The highest BCUT2D eigenvalue weighted by molar-refractivity contribution is 8.00. The molecule has 0 saturated carbocycles. The van der Waals surface area contributed by atoms with Crippen molar-refractivity contribution >= 4 is 40.3 Å². The van der Waals surface area contributed by atoms with Gasteiger partial charge in [0.2, 0.25) is 0 Å². The van der Waals surface area contributed by atoms with Gasteiger partial charge in [-0.15, -0.1) is 11.3 Å². The molecule has 16 heavy (non-hydrogen) atoms. The van der Waals surface area contributed by atoms with Crippen LogP contribution in [0.1, 0.15) is 10.5 Å². The average Bonchev–Trinajstić information content (AvgIpc) is 2.84. The minimum absolute atomic E-state index is 0.155. The molecule has 2 rings (SSSR count). The number of hydrogen-bond acceptors (Lipinski definition) is 6. The Bertz CT molecular complexity index is 532. The van der Waals surface area contributed by atoms with Crippen LogP contribution in [0.3, 0.4) is 0 Å². The molecule has 5 nitrogen and oxygen atoms in total. The fourth-order valence-corrected chi connectivity index (χ4v) is 2.78. The average molecular weight is 256 g/mol. The van der Waals surface area contributed by atoms with Gasteiger partial charge in [-0.25, -0.2) is 4.98 Å². The number of aldehydes is 1. The monoisotopic (exact) mass is 256 g/mol. The van der Waals surface area contributed by atoms with Crippen molar-refractivity contribution in [2.75, 3.05) is 12.9 Å². The minimum Gasteiger partial charge on any atom is -0.468 e. The maximum absolute atomic E-state index is 11.0. The van der Waals surface area contributed by atoms with E-state index < -0.39 is 0 Å². The number of ether oxygens (including phenoxy) is 1. The van der Waals surface area contributed by atoms with Gasteiger partial charge in [-0.05, 0) is 0 Å². The molecule has 2 heterocycles. The van der Waals surface area contributed by atoms with Crippen LogP contribution in [0, 0.1) is 0 Å². The van der Waals surface area contributed by atoms with Gasteiger partial charge >= 0.3 is 5.97 Å². The molecule has 0 aliphatic rings. The van der Waals surface area contributed by atoms with Crippen LogP contribution < -0.4 is 0 Å². The summed E-state index contributed by atoms with van der Waals surface area (Å²) in [4.78, 5) is 26.9. The second-order valence-corrected chi connectivity index (χ2v) is 4.68. The summed E-state index contributed by atoms with van der Waals surface area (Å²) in [6.45, 7) is 0. The highest BCUT2D eigenvalue weighted by atomic mass is 32.2. The fraction of sp³-hybridized carbons (Fsp3) is 0.222. The van der Waals surface area contributed by atoms with E-state index >= 15 is 0 Å². The number of rotatable bonds is 4. The van der Waals surface area contributed by atoms with E-state index in [2.05, 4.69) is 9.72 Å². The number of esters is 1. The zero-order chi connectivity index (χ0) is 11.5. The molecule has 0 bridgehead atoms. The first-order valence-corrected chi connectivity index (χ1v) is 6.23. The third-order valence-electron chi connectivity index (χ3n) is 1.93. The first-order chi connectivity index (χ1) is 7.76. The lowest BCUT2D eigenvalue weighted by atomic mass is 10.5. The van der Waals surface area contributed by atoms with Crippen molar-refractivity contribution < 1.29 is 14.3 Å². The van der Waals surface area contributed by atoms with Crippen LogP contribution in [0.2, 0.25) is 0 Å². The van der Waals surface area contributed by atoms with Gasteiger partial charge in [-0.2, -0.15) is 0 Å². The molecule has 7 heteroatoms. The molecule has 0 saturated heterocycles. The van der Waals surface area contributed by atoms with Crippen LogP contribution in [0.15, 0.2) is 16.6 Å². The van der Waals surface area contributed by atoms with Crippen LogP contribution in [-0.4, -0.2) is 34.5 Å². The summed E-state index contributed by atoms with van der Waals surface area (Å²) in [5, 5.41) is 2.41. The van der Waals surface area contributed by atoms with Crippen molar-refractivity contribution in [1.29, 1.82) is 0 Å². The van der Waals surface area contributed by atoms with Crippen molar-refractivity contribution in [2.24, 2.45) is 0 Å². The van der Waals surface area contributed by atoms with Gasteiger partial charge in [-0.3, -0.25) is 14.0 Å². The lowest BCUT2D eigenvalue weighted by Gasteiger charge is -1.97. The maximum Gasteiger partial charge on any atom is 0.316 e. The van der Waals surface area contributed by atoms with Crippen molar-refractivity contribution in [3.05, 3.63) is 17.3 Å². The highest BCUT2D eigenvalue weighted by Crippen LogP contribution is 2.24. The molecule has 0 spiro atoms. The van der Waals surface area contributed by atoms with E-state index in [9.17, 15) is 9.59 Å². The van der Waals surface area contributed by atoms with Gasteiger partial charge in [0.1, 0.15) is 10.7 Å². The SMILES string of the molecule is COC(=O)CSc1nc2sccn2c1C=O. The van der Waals surface area contributed by atoms with Crippen molar-refractivity contribution in [3.8, 4) is 0 Å². The molecule has 0 atom stereocenters. The summed E-state index contributed by atoms with van der Waals surface area (Å²) in [7, 11) is 1.33. The molecule has 2 aromatic heterocycles. The third-order valence-corrected chi connectivity index (χ3v) is 3.64. The first kappa shape index (κ1) is 11.2. The van der Waals surface area contributed by atoms with Gasteiger partial charge in [0.05, 0.1) is 12.9 Å². The standard InChI is InChI=1S/C9H8N2O3S2/c1-14-7(13)5-16-8-6(4-12)11-2-3-15-9(11)10-8/h2-4H,5H2,1H3. The molecule has 0 amide bonds. The third kappa shape index (κ3) is 1.96. The number of thioether (sulfide) groups is 1. The van der Waals surface area contributed by atoms with Crippen LogP contribution in [0.25, 0.3) is 4.96 Å². The Kier molecular flexibility index (Phi) is 3.25. The first-order valence-electron chi connectivity index (χ1n) is 4.36. The number of thiazole rings is 1. The summed E-state index contributed by atoms with van der Waals surface area (Å²) >= 11 is 2.64. The number of methoxy groups -OCH3 is 1. The largest absolute Gasteiger partial charge is 0.468 e. The molecule has 0 radical (unpaired) electrons. The zero-order valence-electron chi connectivity index (χ0n) is 8.37. The summed E-state index contributed by atoms with van der Waals surface area (Å²) in [6, 6.07) is 0. The Balaban J connectivity index is 2.26. The zero-order valence-corrected chi connectivity index (χ0v) is 10.0. The molecular weight excluding hydrogens is 248 g/mol. The molecule has 0 N–H and O–H groups in total. The van der Waals surface area contributed by atoms with Crippen LogP contribution in [0.4, 0.5) is 0 Å². The van der Waals surface area contributed by atoms with E-state index in [1.165, 1.54) is 30.2 Å². The smallest absolute Gasteiger partial charge is 0.316 e. The molecule has 0 aliphatic heterocycles. The number of fused-ring (bicyclic) bond motifs is 1. The number of imidazole rings is 1. The Morgan fingerprint density at radius 1 is 1.75 bits per heavy atom. The molecule has 84 valence electrons. The van der Waals surface area contributed by atoms with Crippen molar-refractivity contribution in [3.63, 3.8) is 0 Å². The maximum atomic E-state index is 11.0. The number of carbonyl (C=O) groups is 2. The van der Waals surface area contributed by atoms with Gasteiger partial charge in [0.25, 0.3) is 0 Å². The minimum atomic E-state index is -0.335. The number of aromatic nitrogens is 2. The van der Waals surface area contributed by atoms with Crippen LogP contribution in [0.5, 0.6) is 0 Å². The van der Waals surface area contributed by atoms with E-state index in [4.69, 9.17) is 0 Å². The normalized spacial score (nSPS) is 10.6. The summed E-state index contributed by atoms with van der Waals surface area (Å²) in [5.74, 6) is -0.180. The van der Waals surface area contributed by atoms with E-state index in [1.54, 1.807) is 10.6 Å². The Morgan fingerprint density at radius 2 is 2.56 bits per heavy atom. The van der Waals surface area contributed by atoms with E-state index in [0.717, 1.165) is 11.2 Å². The summed E-state index contributed by atoms with van der Waals surface area (Å²) < 4.78 is 6.23. The Hall–Kier alpha value is -1.34. The summed E-state index contributed by atoms with van der Waals surface area (Å²) in [5.41, 5.74) is 0.477. The van der Waals surface area contributed by atoms with Crippen LogP contribution in [-0.2, 0) is 9.53 Å². The Morgan fingerprint density at radius 3 is 3.25 bits per heavy atom. The van der Waals surface area contributed by atoms with Gasteiger partial charge < -0.3 is 4.74 Å². The Labute approximate surface area is 99.4 Å².